The molecule has 0 saturated heterocycles. The molecule has 0 aliphatic carbocycles. The molecule has 0 amide bonds. The second-order valence-electron chi connectivity index (χ2n) is 7.17. The van der Waals surface area contributed by atoms with Crippen molar-refractivity contribution in [2.75, 3.05) is 13.2 Å². The van der Waals surface area contributed by atoms with Crippen molar-refractivity contribution in [1.29, 1.82) is 5.26 Å². The van der Waals surface area contributed by atoms with Crippen LogP contribution in [0, 0.1) is 11.3 Å². The zero-order chi connectivity index (χ0) is 19.7. The molecule has 0 aliphatic heterocycles. The van der Waals surface area contributed by atoms with Gasteiger partial charge in [-0.05, 0) is 56.9 Å². The third-order valence-corrected chi connectivity index (χ3v) is 4.64. The average molecular weight is 424 g/mol. The van der Waals surface area contributed by atoms with Crippen LogP contribution in [0.25, 0.3) is 0 Å². The van der Waals surface area contributed by atoms with Crippen LogP contribution in [0.5, 0.6) is 5.75 Å². The number of nitrogens with one attached hydrogen (secondary N) is 1. The molecule has 152 valence electrons. The van der Waals surface area contributed by atoms with E-state index in [9.17, 15) is 5.11 Å². The number of nitrogens with zero attached hydrogens (tertiary/aromatic N) is 2. The summed E-state index contributed by atoms with van der Waals surface area (Å²) in [7, 11) is 0. The van der Waals surface area contributed by atoms with E-state index in [2.05, 4.69) is 30.2 Å². The van der Waals surface area contributed by atoms with E-state index >= 15 is 0 Å². The number of halogens is 2. The highest BCUT2D eigenvalue weighted by atomic mass is 35.5. The molecule has 5 nitrogen and oxygen atoms in total. The number of hydrogen-bond donors (Lipinski definition) is 2. The number of rotatable bonds is 10. The fraction of sp³-hybridized carbons (Fsp3) is 0.429. The summed E-state index contributed by atoms with van der Waals surface area (Å²) in [5.41, 5.74) is 1.42. The Hall–Kier alpha value is -1.84. The predicted octanol–water partition coefficient (Wildman–Crippen LogP) is 4.16. The van der Waals surface area contributed by atoms with Gasteiger partial charge in [0.1, 0.15) is 30.1 Å². The summed E-state index contributed by atoms with van der Waals surface area (Å²) in [6, 6.07) is 11.1. The quantitative estimate of drug-likeness (QED) is 0.599. The van der Waals surface area contributed by atoms with E-state index in [0.717, 1.165) is 19.3 Å². The van der Waals surface area contributed by atoms with Gasteiger partial charge in [-0.15, -0.1) is 12.4 Å². The van der Waals surface area contributed by atoms with Crippen molar-refractivity contribution in [3.63, 3.8) is 0 Å². The van der Waals surface area contributed by atoms with Gasteiger partial charge in [-0.1, -0.05) is 23.7 Å². The molecule has 1 atom stereocenters. The standard InChI is InChI=1S/C21H26ClN3O2.ClH/c1-21(2,10-4-6-16-7-5-11-24-13-16)25-14-17(26)15-27-20-9-3-8-19(22)18(20)12-23;/h3,5,7-9,11,13,17,25-26H,4,6,10,14-15H2,1-2H3;1H. The minimum Gasteiger partial charge on any atom is -0.489 e. The molecule has 0 fully saturated rings. The Labute approximate surface area is 178 Å². The van der Waals surface area contributed by atoms with Gasteiger partial charge in [0.25, 0.3) is 0 Å². The second-order valence-corrected chi connectivity index (χ2v) is 7.58. The summed E-state index contributed by atoms with van der Waals surface area (Å²) in [5.74, 6) is 0.389. The zero-order valence-corrected chi connectivity index (χ0v) is 17.8. The minimum absolute atomic E-state index is 0. The molecule has 0 aliphatic rings. The van der Waals surface area contributed by atoms with Gasteiger partial charge in [0.05, 0.1) is 5.02 Å². The summed E-state index contributed by atoms with van der Waals surface area (Å²) >= 11 is 5.98. The molecule has 1 aromatic carbocycles. The number of aromatic nitrogens is 1. The van der Waals surface area contributed by atoms with Crippen LogP contribution in [0.4, 0.5) is 0 Å². The molecule has 0 saturated carbocycles. The van der Waals surface area contributed by atoms with Crippen molar-refractivity contribution < 1.29 is 9.84 Å². The first kappa shape index (κ1) is 24.2. The van der Waals surface area contributed by atoms with E-state index in [1.165, 1.54) is 5.56 Å². The smallest absolute Gasteiger partial charge is 0.138 e. The Morgan fingerprint density at radius 1 is 1.32 bits per heavy atom. The number of nitriles is 1. The number of β-amino-alcohol motifs (C(OH)–C–C–N with tert-alkyl or cyclic N) is 1. The predicted molar refractivity (Wildman–Crippen MR) is 114 cm³/mol. The Morgan fingerprint density at radius 2 is 2.11 bits per heavy atom. The van der Waals surface area contributed by atoms with Gasteiger partial charge in [-0.2, -0.15) is 5.26 Å². The molecule has 2 N–H and O–H groups in total. The largest absolute Gasteiger partial charge is 0.489 e. The van der Waals surface area contributed by atoms with Gasteiger partial charge in [-0.3, -0.25) is 4.98 Å². The van der Waals surface area contributed by atoms with Gasteiger partial charge < -0.3 is 15.2 Å². The molecule has 0 radical (unpaired) electrons. The van der Waals surface area contributed by atoms with Gasteiger partial charge in [0.2, 0.25) is 0 Å². The number of benzene rings is 1. The van der Waals surface area contributed by atoms with Crippen LogP contribution in [0.2, 0.25) is 5.02 Å². The van der Waals surface area contributed by atoms with E-state index in [1.54, 1.807) is 24.4 Å². The first-order valence-corrected chi connectivity index (χ1v) is 9.42. The highest BCUT2D eigenvalue weighted by Gasteiger charge is 2.19. The number of ether oxygens (including phenoxy) is 1. The molecule has 28 heavy (non-hydrogen) atoms. The van der Waals surface area contributed by atoms with Crippen LogP contribution in [-0.4, -0.2) is 34.9 Å². The SMILES string of the molecule is CC(C)(CCCc1cccnc1)NCC(O)COc1cccc(Cl)c1C#N.Cl. The molecular formula is C21H27Cl2N3O2. The molecule has 0 spiro atoms. The maximum absolute atomic E-state index is 10.2. The van der Waals surface area contributed by atoms with Crippen LogP contribution in [0.1, 0.15) is 37.8 Å². The second kappa shape index (κ2) is 11.9. The van der Waals surface area contributed by atoms with Gasteiger partial charge in [0, 0.05) is 24.5 Å². The van der Waals surface area contributed by atoms with Crippen molar-refractivity contribution in [2.24, 2.45) is 0 Å². The topological polar surface area (TPSA) is 78.2 Å². The van der Waals surface area contributed by atoms with Crippen LogP contribution in [0.3, 0.4) is 0 Å². The van der Waals surface area contributed by atoms with Crippen LogP contribution in [-0.2, 0) is 6.42 Å². The molecule has 1 heterocycles. The number of aryl methyl sites for hydroxylation is 1. The lowest BCUT2D eigenvalue weighted by Crippen LogP contribution is -2.44. The fourth-order valence-corrected chi connectivity index (χ4v) is 2.95. The Kier molecular flexibility index (Phi) is 10.3. The van der Waals surface area contributed by atoms with Gasteiger partial charge >= 0.3 is 0 Å². The highest BCUT2D eigenvalue weighted by Crippen LogP contribution is 2.25. The van der Waals surface area contributed by atoms with Gasteiger partial charge in [-0.25, -0.2) is 0 Å². The summed E-state index contributed by atoms with van der Waals surface area (Å²) in [6.07, 6.45) is 5.98. The first-order chi connectivity index (χ1) is 12.9. The van der Waals surface area contributed by atoms with Crippen molar-refractivity contribution in [3.05, 3.63) is 58.9 Å². The molecule has 1 aromatic heterocycles. The molecule has 7 heteroatoms. The number of hydrogen-bond acceptors (Lipinski definition) is 5. The Morgan fingerprint density at radius 3 is 2.79 bits per heavy atom. The van der Waals surface area contributed by atoms with Crippen molar-refractivity contribution >= 4 is 24.0 Å². The van der Waals surface area contributed by atoms with E-state index in [1.807, 2.05) is 18.3 Å². The van der Waals surface area contributed by atoms with Gasteiger partial charge in [0.15, 0.2) is 0 Å². The normalized spacial score (nSPS) is 12.0. The highest BCUT2D eigenvalue weighted by molar-refractivity contribution is 6.31. The van der Waals surface area contributed by atoms with E-state index in [4.69, 9.17) is 21.6 Å². The fourth-order valence-electron chi connectivity index (χ4n) is 2.74. The third-order valence-electron chi connectivity index (χ3n) is 4.32. The minimum atomic E-state index is -0.687. The van der Waals surface area contributed by atoms with E-state index in [-0.39, 0.29) is 30.1 Å². The van der Waals surface area contributed by atoms with E-state index < -0.39 is 6.10 Å². The molecule has 2 rings (SSSR count). The van der Waals surface area contributed by atoms with Crippen molar-refractivity contribution in [2.45, 2.75) is 44.8 Å². The number of aliphatic hydroxyl groups is 1. The third kappa shape index (κ3) is 8.04. The Balaban J connectivity index is 0.00000392. The summed E-state index contributed by atoms with van der Waals surface area (Å²) in [4.78, 5) is 4.13. The first-order valence-electron chi connectivity index (χ1n) is 9.05. The molecular weight excluding hydrogens is 397 g/mol. The molecule has 1 unspecified atom stereocenters. The van der Waals surface area contributed by atoms with Crippen molar-refractivity contribution in [1.82, 2.24) is 10.3 Å². The lowest BCUT2D eigenvalue weighted by Gasteiger charge is -2.28. The van der Waals surface area contributed by atoms with E-state index in [0.29, 0.717) is 17.3 Å². The molecule has 0 bridgehead atoms. The summed E-state index contributed by atoms with van der Waals surface area (Å²) < 4.78 is 5.57. The monoisotopic (exact) mass is 423 g/mol. The maximum atomic E-state index is 10.2. The Bertz CT molecular complexity index is 764. The number of aliphatic hydroxyl groups excluding tert-OH is 1. The molecule has 2 aromatic rings. The van der Waals surface area contributed by atoms with Crippen LogP contribution < -0.4 is 10.1 Å². The average Bonchev–Trinajstić information content (AvgIpc) is 2.65. The van der Waals surface area contributed by atoms with Crippen molar-refractivity contribution in [3.8, 4) is 11.8 Å². The van der Waals surface area contributed by atoms with Crippen LogP contribution >= 0.6 is 24.0 Å². The van der Waals surface area contributed by atoms with Crippen LogP contribution in [0.15, 0.2) is 42.7 Å². The lowest BCUT2D eigenvalue weighted by atomic mass is 9.95. The lowest BCUT2D eigenvalue weighted by molar-refractivity contribution is 0.0978. The summed E-state index contributed by atoms with van der Waals surface area (Å²) in [6.45, 7) is 4.74. The number of pyridine rings is 1. The summed E-state index contributed by atoms with van der Waals surface area (Å²) in [5, 5.41) is 23.1. The zero-order valence-electron chi connectivity index (χ0n) is 16.2. The maximum Gasteiger partial charge on any atom is 0.138 e.